The van der Waals surface area contributed by atoms with Crippen molar-refractivity contribution in [3.63, 3.8) is 0 Å². The second-order valence-electron chi connectivity index (χ2n) is 8.66. The van der Waals surface area contributed by atoms with Gasteiger partial charge in [-0.05, 0) is 62.7 Å². The van der Waals surface area contributed by atoms with E-state index in [0.717, 1.165) is 52.2 Å². The molecule has 33 heavy (non-hydrogen) atoms. The molecule has 1 aliphatic heterocycles. The van der Waals surface area contributed by atoms with E-state index in [-0.39, 0.29) is 12.1 Å². The summed E-state index contributed by atoms with van der Waals surface area (Å²) in [6, 6.07) is 13.5. The average molecular weight is 442 g/mol. The van der Waals surface area contributed by atoms with E-state index < -0.39 is 0 Å². The van der Waals surface area contributed by atoms with Crippen molar-refractivity contribution in [3.8, 4) is 11.3 Å². The zero-order chi connectivity index (χ0) is 23.1. The molecule has 1 atom stereocenters. The van der Waals surface area contributed by atoms with Crippen LogP contribution in [0.5, 0.6) is 0 Å². The SMILES string of the molecule is Cc1cc(-c2ccc3c(n2)N(C(=O)Nc2ccc4nn(C)cc4c2)[C@H](C)CCN3C)ccn1. The Hall–Kier alpha value is -3.94. The van der Waals surface area contributed by atoms with Crippen molar-refractivity contribution >= 4 is 34.1 Å². The lowest BCUT2D eigenvalue weighted by atomic mass is 10.1. The van der Waals surface area contributed by atoms with E-state index in [9.17, 15) is 4.79 Å². The maximum atomic E-state index is 13.6. The van der Waals surface area contributed by atoms with Crippen LogP contribution in [0, 0.1) is 6.92 Å². The van der Waals surface area contributed by atoms with Crippen LogP contribution in [-0.2, 0) is 7.05 Å². The first-order valence-electron chi connectivity index (χ1n) is 11.1. The number of benzene rings is 1. The fourth-order valence-corrected chi connectivity index (χ4v) is 4.33. The molecule has 1 N–H and O–H groups in total. The van der Waals surface area contributed by atoms with Gasteiger partial charge in [0.25, 0.3) is 0 Å². The number of anilines is 3. The minimum Gasteiger partial charge on any atom is -0.372 e. The maximum absolute atomic E-state index is 13.6. The van der Waals surface area contributed by atoms with E-state index in [0.29, 0.717) is 5.82 Å². The van der Waals surface area contributed by atoms with Crippen molar-refractivity contribution < 1.29 is 4.79 Å². The number of fused-ring (bicyclic) bond motifs is 2. The van der Waals surface area contributed by atoms with Gasteiger partial charge in [-0.3, -0.25) is 14.6 Å². The molecule has 0 fully saturated rings. The number of aryl methyl sites for hydroxylation is 2. The molecule has 8 heteroatoms. The summed E-state index contributed by atoms with van der Waals surface area (Å²) in [6.45, 7) is 4.87. The molecule has 8 nitrogen and oxygen atoms in total. The Kier molecular flexibility index (Phi) is 5.20. The zero-order valence-corrected chi connectivity index (χ0v) is 19.3. The zero-order valence-electron chi connectivity index (χ0n) is 19.3. The van der Waals surface area contributed by atoms with E-state index in [1.165, 1.54) is 0 Å². The Balaban J connectivity index is 1.53. The molecule has 3 aromatic heterocycles. The topological polar surface area (TPSA) is 79.2 Å². The van der Waals surface area contributed by atoms with Gasteiger partial charge in [0.05, 0.1) is 16.9 Å². The van der Waals surface area contributed by atoms with Gasteiger partial charge < -0.3 is 10.2 Å². The summed E-state index contributed by atoms with van der Waals surface area (Å²) in [7, 11) is 3.93. The quantitative estimate of drug-likeness (QED) is 0.492. The number of nitrogens with one attached hydrogen (secondary N) is 1. The maximum Gasteiger partial charge on any atom is 0.327 e. The van der Waals surface area contributed by atoms with Crippen LogP contribution in [0.4, 0.5) is 22.0 Å². The summed E-state index contributed by atoms with van der Waals surface area (Å²) in [4.78, 5) is 26.8. The number of nitrogens with zero attached hydrogens (tertiary/aromatic N) is 6. The first-order chi connectivity index (χ1) is 15.9. The Bertz CT molecular complexity index is 1350. The Labute approximate surface area is 192 Å². The molecule has 0 saturated heterocycles. The molecular formula is C25H27N7O. The monoisotopic (exact) mass is 441 g/mol. The fourth-order valence-electron chi connectivity index (χ4n) is 4.33. The van der Waals surface area contributed by atoms with Gasteiger partial charge >= 0.3 is 6.03 Å². The second-order valence-corrected chi connectivity index (χ2v) is 8.66. The first kappa shape index (κ1) is 20.9. The summed E-state index contributed by atoms with van der Waals surface area (Å²) >= 11 is 0. The van der Waals surface area contributed by atoms with Gasteiger partial charge in [-0.1, -0.05) is 0 Å². The van der Waals surface area contributed by atoms with Crippen LogP contribution in [0.2, 0.25) is 0 Å². The van der Waals surface area contributed by atoms with Crippen molar-refractivity contribution in [2.45, 2.75) is 26.3 Å². The molecule has 2 amide bonds. The standard InChI is InChI=1S/C25H27N7O/c1-16-13-18(9-11-26-16)21-7-8-23-24(28-21)32(17(2)10-12-30(23)3)25(33)27-20-5-6-22-19(14-20)15-31(4)29-22/h5-9,11,13-15,17H,10,12H2,1-4H3,(H,27,33)/t17-/m1/s1. The van der Waals surface area contributed by atoms with Crippen molar-refractivity contribution in [2.24, 2.45) is 7.05 Å². The molecule has 0 spiro atoms. The predicted octanol–water partition coefficient (Wildman–Crippen LogP) is 4.61. The van der Waals surface area contributed by atoms with Gasteiger partial charge in [0.1, 0.15) is 0 Å². The number of pyridine rings is 2. The molecule has 168 valence electrons. The van der Waals surface area contributed by atoms with Crippen LogP contribution in [0.15, 0.2) is 54.9 Å². The van der Waals surface area contributed by atoms with Crippen LogP contribution in [0.25, 0.3) is 22.2 Å². The molecule has 0 unspecified atom stereocenters. The van der Waals surface area contributed by atoms with Gasteiger partial charge in [-0.25, -0.2) is 9.78 Å². The highest BCUT2D eigenvalue weighted by atomic mass is 16.2. The number of urea groups is 1. The molecule has 0 aliphatic carbocycles. The van der Waals surface area contributed by atoms with Crippen molar-refractivity contribution in [1.29, 1.82) is 0 Å². The van der Waals surface area contributed by atoms with E-state index in [4.69, 9.17) is 4.98 Å². The highest BCUT2D eigenvalue weighted by Crippen LogP contribution is 2.35. The molecule has 4 heterocycles. The van der Waals surface area contributed by atoms with Gasteiger partial charge in [0, 0.05) is 61.4 Å². The number of carbonyl (C=O) groups is 1. The van der Waals surface area contributed by atoms with Crippen molar-refractivity contribution in [3.05, 3.63) is 60.6 Å². The Morgan fingerprint density at radius 2 is 1.97 bits per heavy atom. The molecular weight excluding hydrogens is 414 g/mol. The molecule has 5 rings (SSSR count). The molecule has 1 aliphatic rings. The number of rotatable bonds is 2. The smallest absolute Gasteiger partial charge is 0.327 e. The number of hydrogen-bond acceptors (Lipinski definition) is 5. The molecule has 0 bridgehead atoms. The van der Waals surface area contributed by atoms with Crippen LogP contribution in [-0.4, -0.2) is 45.4 Å². The van der Waals surface area contributed by atoms with Gasteiger partial charge in [0.15, 0.2) is 5.82 Å². The van der Waals surface area contributed by atoms with Crippen LogP contribution in [0.1, 0.15) is 19.0 Å². The first-order valence-corrected chi connectivity index (χ1v) is 11.1. The van der Waals surface area contributed by atoms with Gasteiger partial charge in [-0.15, -0.1) is 0 Å². The molecule has 0 radical (unpaired) electrons. The minimum absolute atomic E-state index is 0.0160. The lowest BCUT2D eigenvalue weighted by molar-refractivity contribution is 0.255. The van der Waals surface area contributed by atoms with Crippen LogP contribution < -0.4 is 15.1 Å². The van der Waals surface area contributed by atoms with Gasteiger partial charge in [0.2, 0.25) is 0 Å². The summed E-state index contributed by atoms with van der Waals surface area (Å²) in [6.07, 6.45) is 4.56. The highest BCUT2D eigenvalue weighted by Gasteiger charge is 2.30. The lowest BCUT2D eigenvalue weighted by Gasteiger charge is -2.28. The summed E-state index contributed by atoms with van der Waals surface area (Å²) in [5.41, 5.74) is 5.28. The largest absolute Gasteiger partial charge is 0.372 e. The number of amides is 2. The summed E-state index contributed by atoms with van der Waals surface area (Å²) in [5.74, 6) is 0.662. The molecule has 4 aromatic rings. The lowest BCUT2D eigenvalue weighted by Crippen LogP contribution is -2.42. The van der Waals surface area contributed by atoms with E-state index in [1.54, 1.807) is 15.8 Å². The van der Waals surface area contributed by atoms with Crippen molar-refractivity contribution in [1.82, 2.24) is 19.7 Å². The average Bonchev–Trinajstić information content (AvgIpc) is 3.11. The third-order valence-corrected chi connectivity index (χ3v) is 6.10. The van der Waals surface area contributed by atoms with Crippen LogP contribution >= 0.6 is 0 Å². The Morgan fingerprint density at radius 1 is 1.12 bits per heavy atom. The number of hydrogen-bond donors (Lipinski definition) is 1. The highest BCUT2D eigenvalue weighted by molar-refractivity contribution is 6.04. The van der Waals surface area contributed by atoms with E-state index in [2.05, 4.69) is 27.2 Å². The van der Waals surface area contributed by atoms with Gasteiger partial charge in [-0.2, -0.15) is 5.10 Å². The third kappa shape index (κ3) is 4.00. The molecule has 1 aromatic carbocycles. The van der Waals surface area contributed by atoms with Crippen molar-refractivity contribution in [2.75, 3.05) is 28.7 Å². The minimum atomic E-state index is -0.196. The second kappa shape index (κ2) is 8.20. The van der Waals surface area contributed by atoms with Crippen LogP contribution in [0.3, 0.4) is 0 Å². The molecule has 0 saturated carbocycles. The third-order valence-electron chi connectivity index (χ3n) is 6.10. The Morgan fingerprint density at radius 3 is 2.79 bits per heavy atom. The van der Waals surface area contributed by atoms with E-state index >= 15 is 0 Å². The fraction of sp³-hybridized carbons (Fsp3) is 0.280. The summed E-state index contributed by atoms with van der Waals surface area (Å²) < 4.78 is 1.77. The number of aromatic nitrogens is 4. The number of carbonyl (C=O) groups excluding carboxylic acids is 1. The predicted molar refractivity (Wildman–Crippen MR) is 132 cm³/mol. The van der Waals surface area contributed by atoms with E-state index in [1.807, 2.05) is 69.7 Å². The summed E-state index contributed by atoms with van der Waals surface area (Å²) in [5, 5.41) is 8.46. The normalized spacial score (nSPS) is 15.9.